The summed E-state index contributed by atoms with van der Waals surface area (Å²) in [6.07, 6.45) is 3.77. The molecule has 0 unspecified atom stereocenters. The van der Waals surface area contributed by atoms with Gasteiger partial charge in [0.2, 0.25) is 5.78 Å². The summed E-state index contributed by atoms with van der Waals surface area (Å²) in [5.74, 6) is 0.723. The van der Waals surface area contributed by atoms with E-state index in [1.54, 1.807) is 0 Å². The number of ether oxygens (including phenoxy) is 1. The Morgan fingerprint density at radius 3 is 2.60 bits per heavy atom. The van der Waals surface area contributed by atoms with Crippen LogP contribution in [0.25, 0.3) is 6.08 Å². The number of carbonyl (C=O) groups excluding carboxylic acids is 1. The fraction of sp³-hybridized carbons (Fsp3) is 0.240. The fourth-order valence-electron chi connectivity index (χ4n) is 3.22. The van der Waals surface area contributed by atoms with Gasteiger partial charge in [0.15, 0.2) is 0 Å². The Labute approximate surface area is 177 Å². The molecule has 0 saturated carbocycles. The van der Waals surface area contributed by atoms with Crippen molar-refractivity contribution >= 4 is 11.9 Å². The first-order valence-electron chi connectivity index (χ1n) is 9.95. The molecule has 0 radical (unpaired) electrons. The second-order valence-corrected chi connectivity index (χ2v) is 7.36. The number of benzene rings is 2. The Bertz CT molecular complexity index is 1020. The first kappa shape index (κ1) is 21.6. The molecule has 1 aromatic heterocycles. The van der Waals surface area contributed by atoms with Gasteiger partial charge in [0.05, 0.1) is 5.69 Å². The topological polar surface area (TPSA) is 60.7 Å². The van der Waals surface area contributed by atoms with Gasteiger partial charge in [-0.05, 0) is 50.6 Å². The molecule has 1 heterocycles. The van der Waals surface area contributed by atoms with Crippen molar-refractivity contribution in [2.24, 2.45) is 0 Å². The average molecular weight is 405 g/mol. The van der Waals surface area contributed by atoms with Crippen LogP contribution >= 0.6 is 0 Å². The molecule has 1 atom stereocenters. The van der Waals surface area contributed by atoms with Crippen LogP contribution in [0.5, 0.6) is 5.75 Å². The van der Waals surface area contributed by atoms with Gasteiger partial charge in [0.25, 0.3) is 0 Å². The van der Waals surface area contributed by atoms with E-state index in [0.29, 0.717) is 23.6 Å². The Morgan fingerprint density at radius 1 is 1.10 bits per heavy atom. The van der Waals surface area contributed by atoms with Crippen LogP contribution in [0.4, 0.5) is 0 Å². The van der Waals surface area contributed by atoms with Crippen molar-refractivity contribution < 1.29 is 19.7 Å². The zero-order chi connectivity index (χ0) is 21.5. The van der Waals surface area contributed by atoms with E-state index in [0.717, 1.165) is 16.8 Å². The number of hydrogen-bond donors (Lipinski definition) is 1. The third kappa shape index (κ3) is 5.47. The van der Waals surface area contributed by atoms with Crippen molar-refractivity contribution in [2.75, 3.05) is 6.61 Å². The molecule has 0 aliphatic carbocycles. The zero-order valence-corrected chi connectivity index (χ0v) is 17.5. The van der Waals surface area contributed by atoms with E-state index in [1.807, 2.05) is 98.2 Å². The summed E-state index contributed by atoms with van der Waals surface area (Å²) in [4.78, 5) is 17.1. The van der Waals surface area contributed by atoms with E-state index < -0.39 is 0 Å². The summed E-state index contributed by atoms with van der Waals surface area (Å²) >= 11 is 0. The predicted molar refractivity (Wildman–Crippen MR) is 118 cm³/mol. The van der Waals surface area contributed by atoms with Gasteiger partial charge >= 0.3 is 0 Å². The highest BCUT2D eigenvalue weighted by Gasteiger charge is 2.14. The molecule has 0 amide bonds. The van der Waals surface area contributed by atoms with Crippen LogP contribution in [-0.2, 0) is 11.4 Å². The number of carbonyl (C=O) groups is 1. The zero-order valence-electron chi connectivity index (χ0n) is 17.5. The highest BCUT2D eigenvalue weighted by molar-refractivity contribution is 6.08. The van der Waals surface area contributed by atoms with Crippen LogP contribution in [0.2, 0.25) is 0 Å². The van der Waals surface area contributed by atoms with Gasteiger partial charge in [-0.3, -0.25) is 10.1 Å². The normalized spacial score (nSPS) is 12.3. The van der Waals surface area contributed by atoms with E-state index >= 15 is 0 Å². The quantitative estimate of drug-likeness (QED) is 0.298. The van der Waals surface area contributed by atoms with Crippen LogP contribution < -0.4 is 4.74 Å². The van der Waals surface area contributed by atoms with E-state index in [9.17, 15) is 4.79 Å². The molecule has 0 bridgehead atoms. The van der Waals surface area contributed by atoms with Gasteiger partial charge in [-0.25, -0.2) is 4.89 Å². The van der Waals surface area contributed by atoms with Gasteiger partial charge < -0.3 is 9.30 Å². The SMILES string of the molecule is Cc1ccc(C(=O)c2ccc(C)n2CC=Cc2cccc(O[C@@H](C)COO)c2)cc1. The molecule has 30 heavy (non-hydrogen) atoms. The van der Waals surface area contributed by atoms with Gasteiger partial charge in [0, 0.05) is 17.8 Å². The van der Waals surface area contributed by atoms with Crippen molar-refractivity contribution in [1.29, 1.82) is 0 Å². The summed E-state index contributed by atoms with van der Waals surface area (Å²) in [6, 6.07) is 19.2. The number of nitrogens with zero attached hydrogens (tertiary/aromatic N) is 1. The summed E-state index contributed by atoms with van der Waals surface area (Å²) in [5.41, 5.74) is 4.52. The van der Waals surface area contributed by atoms with Crippen LogP contribution in [0.1, 0.15) is 39.8 Å². The number of aryl methyl sites for hydroxylation is 2. The van der Waals surface area contributed by atoms with E-state index in [2.05, 4.69) is 4.89 Å². The molecular weight excluding hydrogens is 378 g/mol. The monoisotopic (exact) mass is 405 g/mol. The molecule has 0 aliphatic rings. The minimum absolute atomic E-state index is 0.0204. The molecule has 3 rings (SSSR count). The van der Waals surface area contributed by atoms with Crippen molar-refractivity contribution in [1.82, 2.24) is 4.57 Å². The Hall–Kier alpha value is -3.15. The highest BCUT2D eigenvalue weighted by atomic mass is 17.1. The van der Waals surface area contributed by atoms with E-state index in [4.69, 9.17) is 9.99 Å². The largest absolute Gasteiger partial charge is 0.488 e. The highest BCUT2D eigenvalue weighted by Crippen LogP contribution is 2.18. The summed E-state index contributed by atoms with van der Waals surface area (Å²) < 4.78 is 7.72. The number of allylic oxidation sites excluding steroid dienone is 1. The lowest BCUT2D eigenvalue weighted by molar-refractivity contribution is -0.253. The molecule has 0 aliphatic heterocycles. The second kappa shape index (κ2) is 10.1. The molecule has 5 nitrogen and oxygen atoms in total. The number of aromatic nitrogens is 1. The van der Waals surface area contributed by atoms with Crippen LogP contribution in [0, 0.1) is 13.8 Å². The molecule has 3 aromatic rings. The summed E-state index contributed by atoms with van der Waals surface area (Å²) in [7, 11) is 0. The standard InChI is InChI=1S/C25H27NO4/c1-18-9-12-22(13-10-18)25(27)24-14-11-19(2)26(24)15-5-7-21-6-4-8-23(16-21)30-20(3)17-29-28/h4-14,16,20,28H,15,17H2,1-3H3/t20-/m0/s1. The number of hydrogen-bond acceptors (Lipinski definition) is 4. The summed E-state index contributed by atoms with van der Waals surface area (Å²) in [5, 5.41) is 8.53. The molecule has 0 saturated heterocycles. The molecule has 0 spiro atoms. The lowest BCUT2D eigenvalue weighted by Crippen LogP contribution is -2.18. The van der Waals surface area contributed by atoms with E-state index in [-0.39, 0.29) is 18.5 Å². The van der Waals surface area contributed by atoms with Crippen molar-refractivity contribution in [3.8, 4) is 5.75 Å². The van der Waals surface area contributed by atoms with Crippen molar-refractivity contribution in [3.05, 3.63) is 94.8 Å². The fourth-order valence-corrected chi connectivity index (χ4v) is 3.22. The van der Waals surface area contributed by atoms with Crippen LogP contribution in [-0.4, -0.2) is 28.3 Å². The lowest BCUT2D eigenvalue weighted by Gasteiger charge is -2.13. The minimum Gasteiger partial charge on any atom is -0.488 e. The maximum atomic E-state index is 12.9. The van der Waals surface area contributed by atoms with Gasteiger partial charge in [-0.1, -0.05) is 54.1 Å². The third-order valence-corrected chi connectivity index (χ3v) is 4.85. The van der Waals surface area contributed by atoms with Crippen molar-refractivity contribution in [2.45, 2.75) is 33.4 Å². The maximum Gasteiger partial charge on any atom is 0.209 e. The Kier molecular flexibility index (Phi) is 7.22. The van der Waals surface area contributed by atoms with E-state index in [1.165, 1.54) is 0 Å². The molecule has 1 N–H and O–H groups in total. The molecular formula is C25H27NO4. The molecule has 156 valence electrons. The van der Waals surface area contributed by atoms with Crippen molar-refractivity contribution in [3.63, 3.8) is 0 Å². The Balaban J connectivity index is 1.72. The third-order valence-electron chi connectivity index (χ3n) is 4.85. The predicted octanol–water partition coefficient (Wildman–Crippen LogP) is 5.31. The first-order chi connectivity index (χ1) is 14.5. The first-order valence-corrected chi connectivity index (χ1v) is 9.95. The lowest BCUT2D eigenvalue weighted by atomic mass is 10.1. The summed E-state index contributed by atoms with van der Waals surface area (Å²) in [6.45, 7) is 6.52. The van der Waals surface area contributed by atoms with Gasteiger partial charge in [0.1, 0.15) is 18.5 Å². The Morgan fingerprint density at radius 2 is 1.87 bits per heavy atom. The minimum atomic E-state index is -0.257. The molecule has 5 heteroatoms. The van der Waals surface area contributed by atoms with Gasteiger partial charge in [-0.2, -0.15) is 0 Å². The van der Waals surface area contributed by atoms with Crippen LogP contribution in [0.3, 0.4) is 0 Å². The average Bonchev–Trinajstić information content (AvgIpc) is 3.09. The maximum absolute atomic E-state index is 12.9. The molecule has 2 aromatic carbocycles. The smallest absolute Gasteiger partial charge is 0.209 e. The number of ketones is 1. The number of rotatable bonds is 9. The molecule has 0 fully saturated rings. The van der Waals surface area contributed by atoms with Gasteiger partial charge in [-0.15, -0.1) is 0 Å². The van der Waals surface area contributed by atoms with Crippen LogP contribution in [0.15, 0.2) is 66.7 Å². The second-order valence-electron chi connectivity index (χ2n) is 7.36.